The lowest BCUT2D eigenvalue weighted by atomic mass is 10.1. The predicted molar refractivity (Wildman–Crippen MR) is 104 cm³/mol. The van der Waals surface area contributed by atoms with Crippen LogP contribution < -0.4 is 14.8 Å². The molecule has 6 heteroatoms. The number of methoxy groups -OCH3 is 2. The summed E-state index contributed by atoms with van der Waals surface area (Å²) in [5, 5.41) is 2.87. The molecular formula is C21H26N2O4. The van der Waals surface area contributed by atoms with Crippen molar-refractivity contribution in [2.75, 3.05) is 27.3 Å². The van der Waals surface area contributed by atoms with Gasteiger partial charge in [-0.05, 0) is 35.4 Å². The summed E-state index contributed by atoms with van der Waals surface area (Å²) >= 11 is 0. The number of ether oxygens (including phenoxy) is 2. The Hall–Kier alpha value is -3.02. The molecule has 0 saturated carbocycles. The Bertz CT molecular complexity index is 742. The number of hydrogen-bond acceptors (Lipinski definition) is 4. The molecule has 1 N–H and O–H groups in total. The number of nitrogens with zero attached hydrogens (tertiary/aromatic N) is 1. The van der Waals surface area contributed by atoms with Crippen molar-refractivity contribution >= 4 is 11.8 Å². The molecule has 0 radical (unpaired) electrons. The molecule has 0 aliphatic carbocycles. The summed E-state index contributed by atoms with van der Waals surface area (Å²) in [5.41, 5.74) is 1.92. The van der Waals surface area contributed by atoms with Gasteiger partial charge in [0.05, 0.1) is 20.6 Å². The van der Waals surface area contributed by atoms with Crippen molar-refractivity contribution < 1.29 is 19.1 Å². The van der Waals surface area contributed by atoms with Gasteiger partial charge >= 0.3 is 0 Å². The zero-order valence-corrected chi connectivity index (χ0v) is 16.0. The minimum absolute atomic E-state index is 0.0322. The number of rotatable bonds is 9. The van der Waals surface area contributed by atoms with E-state index in [-0.39, 0.29) is 11.8 Å². The fourth-order valence-electron chi connectivity index (χ4n) is 2.62. The highest BCUT2D eigenvalue weighted by atomic mass is 16.5. The Morgan fingerprint density at radius 2 is 1.41 bits per heavy atom. The molecule has 2 amide bonds. The third-order valence-corrected chi connectivity index (χ3v) is 4.21. The molecule has 0 fully saturated rings. The van der Waals surface area contributed by atoms with E-state index in [1.165, 1.54) is 6.92 Å². The average molecular weight is 370 g/mol. The largest absolute Gasteiger partial charge is 0.497 e. The van der Waals surface area contributed by atoms with Gasteiger partial charge in [-0.15, -0.1) is 0 Å². The zero-order valence-electron chi connectivity index (χ0n) is 16.0. The third kappa shape index (κ3) is 6.66. The van der Waals surface area contributed by atoms with Crippen LogP contribution in [0.25, 0.3) is 0 Å². The van der Waals surface area contributed by atoms with Gasteiger partial charge in [0.1, 0.15) is 11.5 Å². The summed E-state index contributed by atoms with van der Waals surface area (Å²) in [7, 11) is 3.22. The Balaban J connectivity index is 1.80. The molecule has 0 heterocycles. The standard InChI is InChI=1S/C21H26N2O4/c1-16(24)23(15-18-6-10-20(27-3)11-7-18)13-12-22-21(25)14-17-4-8-19(26-2)9-5-17/h4-11H,12-15H2,1-3H3,(H,22,25). The second-order valence-electron chi connectivity index (χ2n) is 6.16. The van der Waals surface area contributed by atoms with Gasteiger partial charge in [-0.3, -0.25) is 9.59 Å². The van der Waals surface area contributed by atoms with Crippen molar-refractivity contribution in [3.8, 4) is 11.5 Å². The molecule has 0 saturated heterocycles. The molecule has 6 nitrogen and oxygen atoms in total. The Morgan fingerprint density at radius 3 is 1.89 bits per heavy atom. The smallest absolute Gasteiger partial charge is 0.224 e. The monoisotopic (exact) mass is 370 g/mol. The van der Waals surface area contributed by atoms with E-state index in [2.05, 4.69) is 5.32 Å². The number of hydrogen-bond donors (Lipinski definition) is 1. The van der Waals surface area contributed by atoms with Crippen molar-refractivity contribution in [3.05, 3.63) is 59.7 Å². The van der Waals surface area contributed by atoms with Gasteiger partial charge in [-0.25, -0.2) is 0 Å². The molecular weight excluding hydrogens is 344 g/mol. The summed E-state index contributed by atoms with van der Waals surface area (Å²) in [6.07, 6.45) is 0.294. The molecule has 2 aromatic carbocycles. The van der Waals surface area contributed by atoms with Crippen LogP contribution >= 0.6 is 0 Å². The maximum absolute atomic E-state index is 12.1. The van der Waals surface area contributed by atoms with Crippen LogP contribution in [0.2, 0.25) is 0 Å². The molecule has 0 spiro atoms. The van der Waals surface area contributed by atoms with Crippen molar-refractivity contribution in [3.63, 3.8) is 0 Å². The third-order valence-electron chi connectivity index (χ3n) is 4.21. The summed E-state index contributed by atoms with van der Waals surface area (Å²) in [4.78, 5) is 25.7. The van der Waals surface area contributed by atoms with Crippen LogP contribution in [-0.4, -0.2) is 44.0 Å². The van der Waals surface area contributed by atoms with E-state index in [0.29, 0.717) is 26.1 Å². The zero-order chi connectivity index (χ0) is 19.6. The number of carbonyl (C=O) groups excluding carboxylic acids is 2. The van der Waals surface area contributed by atoms with E-state index in [4.69, 9.17) is 9.47 Å². The molecule has 0 atom stereocenters. The number of carbonyl (C=O) groups is 2. The van der Waals surface area contributed by atoms with Crippen molar-refractivity contribution in [2.45, 2.75) is 19.9 Å². The van der Waals surface area contributed by atoms with E-state index in [1.54, 1.807) is 19.1 Å². The maximum Gasteiger partial charge on any atom is 0.224 e. The summed E-state index contributed by atoms with van der Waals surface area (Å²) < 4.78 is 10.2. The second-order valence-corrected chi connectivity index (χ2v) is 6.16. The van der Waals surface area contributed by atoms with Crippen molar-refractivity contribution in [2.24, 2.45) is 0 Å². The SMILES string of the molecule is COc1ccc(CC(=O)NCCN(Cc2ccc(OC)cc2)C(C)=O)cc1. The van der Waals surface area contributed by atoms with Gasteiger partial charge in [0, 0.05) is 26.6 Å². The van der Waals surface area contributed by atoms with Crippen LogP contribution in [0.15, 0.2) is 48.5 Å². The lowest BCUT2D eigenvalue weighted by molar-refractivity contribution is -0.130. The van der Waals surface area contributed by atoms with Gasteiger partial charge in [-0.2, -0.15) is 0 Å². The van der Waals surface area contributed by atoms with Crippen LogP contribution in [0.1, 0.15) is 18.1 Å². The summed E-state index contributed by atoms with van der Waals surface area (Å²) in [5.74, 6) is 1.43. The highest BCUT2D eigenvalue weighted by molar-refractivity contribution is 5.78. The van der Waals surface area contributed by atoms with Crippen LogP contribution in [0.5, 0.6) is 11.5 Å². The summed E-state index contributed by atoms with van der Waals surface area (Å²) in [6.45, 7) is 2.89. The van der Waals surface area contributed by atoms with Crippen molar-refractivity contribution in [1.29, 1.82) is 0 Å². The first-order valence-corrected chi connectivity index (χ1v) is 8.80. The van der Waals surface area contributed by atoms with E-state index in [1.807, 2.05) is 48.5 Å². The van der Waals surface area contributed by atoms with Gasteiger partial charge in [0.25, 0.3) is 0 Å². The quantitative estimate of drug-likeness (QED) is 0.736. The Labute approximate surface area is 160 Å². The van der Waals surface area contributed by atoms with Crippen LogP contribution in [-0.2, 0) is 22.6 Å². The Morgan fingerprint density at radius 1 is 0.889 bits per heavy atom. The molecule has 2 aromatic rings. The van der Waals surface area contributed by atoms with Crippen molar-refractivity contribution in [1.82, 2.24) is 10.2 Å². The maximum atomic E-state index is 12.1. The minimum Gasteiger partial charge on any atom is -0.497 e. The number of amides is 2. The topological polar surface area (TPSA) is 67.9 Å². The van der Waals surface area contributed by atoms with Gasteiger partial charge < -0.3 is 19.7 Å². The van der Waals surface area contributed by atoms with Gasteiger partial charge in [0.15, 0.2) is 0 Å². The average Bonchev–Trinajstić information content (AvgIpc) is 2.68. The van der Waals surface area contributed by atoms with E-state index >= 15 is 0 Å². The first-order valence-electron chi connectivity index (χ1n) is 8.80. The van der Waals surface area contributed by atoms with E-state index in [0.717, 1.165) is 22.6 Å². The van der Waals surface area contributed by atoms with Gasteiger partial charge in [0.2, 0.25) is 11.8 Å². The van der Waals surface area contributed by atoms with Crippen LogP contribution in [0, 0.1) is 0 Å². The number of benzene rings is 2. The highest BCUT2D eigenvalue weighted by Crippen LogP contribution is 2.13. The molecule has 0 aliphatic rings. The molecule has 0 bridgehead atoms. The molecule has 0 unspecified atom stereocenters. The molecule has 144 valence electrons. The molecule has 0 aliphatic heterocycles. The van der Waals surface area contributed by atoms with Crippen LogP contribution in [0.4, 0.5) is 0 Å². The van der Waals surface area contributed by atoms with E-state index < -0.39 is 0 Å². The van der Waals surface area contributed by atoms with Crippen LogP contribution in [0.3, 0.4) is 0 Å². The fourth-order valence-corrected chi connectivity index (χ4v) is 2.62. The fraction of sp³-hybridized carbons (Fsp3) is 0.333. The first-order chi connectivity index (χ1) is 13.0. The lowest BCUT2D eigenvalue weighted by Gasteiger charge is -2.21. The second kappa shape index (κ2) is 10.2. The Kier molecular flexibility index (Phi) is 7.67. The normalized spacial score (nSPS) is 10.2. The highest BCUT2D eigenvalue weighted by Gasteiger charge is 2.10. The predicted octanol–water partition coefficient (Wildman–Crippen LogP) is 2.41. The first kappa shape index (κ1) is 20.3. The molecule has 27 heavy (non-hydrogen) atoms. The summed E-state index contributed by atoms with van der Waals surface area (Å²) in [6, 6.07) is 15.0. The lowest BCUT2D eigenvalue weighted by Crippen LogP contribution is -2.37. The molecule has 0 aromatic heterocycles. The molecule has 2 rings (SSSR count). The van der Waals surface area contributed by atoms with Gasteiger partial charge in [-0.1, -0.05) is 24.3 Å². The minimum atomic E-state index is -0.0758. The van der Waals surface area contributed by atoms with E-state index in [9.17, 15) is 9.59 Å². The number of nitrogens with one attached hydrogen (secondary N) is 1.